The summed E-state index contributed by atoms with van der Waals surface area (Å²) >= 11 is 0. The van der Waals surface area contributed by atoms with Crippen molar-refractivity contribution in [3.63, 3.8) is 0 Å². The maximum Gasteiger partial charge on any atom is 0.335 e. The molecule has 0 atom stereocenters. The number of carbonyl (C=O) groups is 6. The highest BCUT2D eigenvalue weighted by atomic mass is 16.5. The number of fused-ring (bicyclic) bond motifs is 2. The molecule has 0 bridgehead atoms. The van der Waals surface area contributed by atoms with Gasteiger partial charge in [0, 0.05) is 39.1 Å². The van der Waals surface area contributed by atoms with Gasteiger partial charge < -0.3 is 9.84 Å². The van der Waals surface area contributed by atoms with Crippen LogP contribution >= 0.6 is 0 Å². The van der Waals surface area contributed by atoms with Crippen molar-refractivity contribution in [1.29, 1.82) is 0 Å². The Kier molecular flexibility index (Phi) is 5.44. The van der Waals surface area contributed by atoms with Crippen LogP contribution in [0.25, 0.3) is 43.1 Å². The average molecular weight is 631 g/mol. The van der Waals surface area contributed by atoms with Gasteiger partial charge in [-0.3, -0.25) is 24.0 Å². The van der Waals surface area contributed by atoms with Gasteiger partial charge in [0.25, 0.3) is 30.1 Å². The number of hydrogen-bond donors (Lipinski definition) is 1. The summed E-state index contributed by atoms with van der Waals surface area (Å²) in [4.78, 5) is 80.3. The Bertz CT molecular complexity index is 2570. The lowest BCUT2D eigenvalue weighted by Crippen LogP contribution is -2.40. The minimum absolute atomic E-state index is 0.0544. The number of rotatable bonds is 5. The molecule has 0 aromatic heterocycles. The molecule has 0 aliphatic carbocycles. The first kappa shape index (κ1) is 27.4. The number of nitrogens with zero attached hydrogens (tertiary/aromatic N) is 2. The van der Waals surface area contributed by atoms with Crippen LogP contribution in [0.15, 0.2) is 97.1 Å². The SMILES string of the molecule is O=COc1cccc(N2C(=O)c3ccc4c5ccc6c7c(ccc(c8ccc(c3c48)C2=O)c75)C(=O)N(c2cccc(C(=O)O)c2)C6=O)c1. The second kappa shape index (κ2) is 9.54. The standard InChI is InChI=1S/C38H18N2O8/c41-17-48-21-6-2-5-20(16-21)40-36(44)28-13-9-24-22-7-11-26-32-27(35(43)39(34(26)42)19-4-1-3-18(15-19)38(46)47)12-8-23(30(22)32)25-10-14-29(37(40)45)33(28)31(24)25/h1-17H,(H,46,47). The molecule has 2 heterocycles. The summed E-state index contributed by atoms with van der Waals surface area (Å²) in [5, 5.41) is 14.9. The van der Waals surface area contributed by atoms with Crippen LogP contribution in [0, 0.1) is 0 Å². The topological polar surface area (TPSA) is 138 Å². The van der Waals surface area contributed by atoms with Gasteiger partial charge in [0.15, 0.2) is 0 Å². The van der Waals surface area contributed by atoms with E-state index < -0.39 is 29.6 Å². The number of ether oxygens (including phenoxy) is 1. The second-order valence-electron chi connectivity index (χ2n) is 11.6. The first-order valence-corrected chi connectivity index (χ1v) is 14.8. The van der Waals surface area contributed by atoms with Gasteiger partial charge in [0.2, 0.25) is 0 Å². The highest BCUT2D eigenvalue weighted by Crippen LogP contribution is 2.47. The van der Waals surface area contributed by atoms with Crippen molar-refractivity contribution < 1.29 is 38.6 Å². The number of benzene rings is 7. The molecule has 1 N–H and O–H groups in total. The summed E-state index contributed by atoms with van der Waals surface area (Å²) in [7, 11) is 0. The zero-order valence-corrected chi connectivity index (χ0v) is 24.5. The summed E-state index contributed by atoms with van der Waals surface area (Å²) in [6.45, 7) is 0.269. The molecule has 9 rings (SSSR count). The van der Waals surface area contributed by atoms with Crippen LogP contribution in [0.3, 0.4) is 0 Å². The van der Waals surface area contributed by atoms with Crippen molar-refractivity contribution >= 4 is 90.5 Å². The first-order valence-electron chi connectivity index (χ1n) is 14.8. The van der Waals surface area contributed by atoms with Gasteiger partial charge in [-0.1, -0.05) is 36.4 Å². The number of hydrogen-bond acceptors (Lipinski definition) is 7. The number of carboxylic acid groups (broad SMARTS) is 1. The zero-order chi connectivity index (χ0) is 33.0. The third kappa shape index (κ3) is 3.45. The van der Waals surface area contributed by atoms with Crippen LogP contribution < -0.4 is 14.5 Å². The van der Waals surface area contributed by atoms with Gasteiger partial charge in [-0.15, -0.1) is 0 Å². The van der Waals surface area contributed by atoms with Crippen LogP contribution in [0.4, 0.5) is 11.4 Å². The van der Waals surface area contributed by atoms with E-state index in [0.29, 0.717) is 43.8 Å². The van der Waals surface area contributed by atoms with Crippen LogP contribution in [0.1, 0.15) is 51.8 Å². The maximum absolute atomic E-state index is 13.9. The molecule has 10 heteroatoms. The predicted octanol–water partition coefficient (Wildman–Crippen LogP) is 6.57. The first-order chi connectivity index (χ1) is 23.3. The molecule has 48 heavy (non-hydrogen) atoms. The Morgan fingerprint density at radius 1 is 0.542 bits per heavy atom. The molecule has 10 nitrogen and oxygen atoms in total. The van der Waals surface area contributed by atoms with E-state index in [1.165, 1.54) is 30.3 Å². The molecule has 4 amide bonds. The predicted molar refractivity (Wildman–Crippen MR) is 176 cm³/mol. The van der Waals surface area contributed by atoms with E-state index >= 15 is 0 Å². The van der Waals surface area contributed by atoms with Crippen molar-refractivity contribution in [2.75, 3.05) is 9.80 Å². The molecule has 2 aliphatic rings. The van der Waals surface area contributed by atoms with Gasteiger partial charge in [0.1, 0.15) is 5.75 Å². The fourth-order valence-corrected chi connectivity index (χ4v) is 7.27. The van der Waals surface area contributed by atoms with Crippen LogP contribution in [0.2, 0.25) is 0 Å². The summed E-state index contributed by atoms with van der Waals surface area (Å²) < 4.78 is 4.94. The van der Waals surface area contributed by atoms with Crippen LogP contribution in [-0.4, -0.2) is 41.2 Å². The van der Waals surface area contributed by atoms with Crippen molar-refractivity contribution in [3.8, 4) is 5.75 Å². The third-order valence-corrected chi connectivity index (χ3v) is 9.25. The fraction of sp³-hybridized carbons (Fsp3) is 0. The fourth-order valence-electron chi connectivity index (χ4n) is 7.27. The minimum Gasteiger partial charge on any atom is -0.478 e. The highest BCUT2D eigenvalue weighted by Gasteiger charge is 2.38. The third-order valence-electron chi connectivity index (χ3n) is 9.25. The molecule has 0 saturated heterocycles. The number of amides is 4. The van der Waals surface area contributed by atoms with Gasteiger partial charge >= 0.3 is 5.97 Å². The zero-order valence-electron chi connectivity index (χ0n) is 24.5. The number of carbonyl (C=O) groups excluding carboxylic acids is 5. The summed E-state index contributed by atoms with van der Waals surface area (Å²) in [5.74, 6) is -3.20. The van der Waals surface area contributed by atoms with Crippen molar-refractivity contribution in [3.05, 3.63) is 125 Å². The van der Waals surface area contributed by atoms with E-state index in [1.54, 1.807) is 54.6 Å². The second-order valence-corrected chi connectivity index (χ2v) is 11.6. The van der Waals surface area contributed by atoms with Gasteiger partial charge in [-0.25, -0.2) is 14.6 Å². The number of aromatic carboxylic acids is 1. The monoisotopic (exact) mass is 630 g/mol. The molecule has 0 spiro atoms. The molecule has 0 unspecified atom stereocenters. The largest absolute Gasteiger partial charge is 0.478 e. The molecule has 2 aliphatic heterocycles. The number of imide groups is 2. The summed E-state index contributed by atoms with van der Waals surface area (Å²) in [5.41, 5.74) is 1.59. The van der Waals surface area contributed by atoms with E-state index in [0.717, 1.165) is 31.3 Å². The lowest BCUT2D eigenvalue weighted by atomic mass is 9.82. The lowest BCUT2D eigenvalue weighted by Gasteiger charge is -2.30. The molecule has 7 aromatic rings. The lowest BCUT2D eigenvalue weighted by molar-refractivity contribution is -0.120. The molecule has 7 aromatic carbocycles. The van der Waals surface area contributed by atoms with Crippen LogP contribution in [-0.2, 0) is 4.79 Å². The molecule has 0 saturated carbocycles. The normalized spacial score (nSPS) is 14.2. The Balaban J connectivity index is 1.26. The van der Waals surface area contributed by atoms with E-state index in [9.17, 15) is 33.9 Å². The van der Waals surface area contributed by atoms with Gasteiger partial charge in [-0.05, 0) is 86.9 Å². The summed E-state index contributed by atoms with van der Waals surface area (Å²) in [6, 6.07) is 25.7. The van der Waals surface area contributed by atoms with Crippen molar-refractivity contribution in [2.45, 2.75) is 0 Å². The molecular formula is C38H18N2O8. The van der Waals surface area contributed by atoms with Gasteiger partial charge in [0.05, 0.1) is 16.9 Å². The molecule has 228 valence electrons. The summed E-state index contributed by atoms with van der Waals surface area (Å²) in [6.07, 6.45) is 0. The Labute approximate surface area is 269 Å². The average Bonchev–Trinajstić information content (AvgIpc) is 3.09. The van der Waals surface area contributed by atoms with E-state index in [4.69, 9.17) is 4.74 Å². The Morgan fingerprint density at radius 2 is 0.958 bits per heavy atom. The Morgan fingerprint density at radius 3 is 1.38 bits per heavy atom. The van der Waals surface area contributed by atoms with Crippen molar-refractivity contribution in [1.82, 2.24) is 0 Å². The number of anilines is 2. The Hall–Kier alpha value is -6.94. The molecule has 0 radical (unpaired) electrons. The van der Waals surface area contributed by atoms with E-state index in [1.807, 2.05) is 12.1 Å². The molecule has 0 fully saturated rings. The van der Waals surface area contributed by atoms with Gasteiger partial charge in [-0.2, -0.15) is 0 Å². The van der Waals surface area contributed by atoms with E-state index in [-0.39, 0.29) is 29.2 Å². The smallest absolute Gasteiger partial charge is 0.335 e. The maximum atomic E-state index is 13.9. The van der Waals surface area contributed by atoms with Crippen LogP contribution in [0.5, 0.6) is 5.75 Å². The highest BCUT2D eigenvalue weighted by molar-refractivity contribution is 6.45. The van der Waals surface area contributed by atoms with E-state index in [2.05, 4.69) is 0 Å². The quantitative estimate of drug-likeness (QED) is 0.0975. The molecular weight excluding hydrogens is 612 g/mol. The number of carboxylic acids is 1. The van der Waals surface area contributed by atoms with Crippen molar-refractivity contribution in [2.24, 2.45) is 0 Å². The minimum atomic E-state index is -1.18.